The van der Waals surface area contributed by atoms with Crippen molar-refractivity contribution >= 4 is 0 Å². The minimum atomic E-state index is 0.0485. The summed E-state index contributed by atoms with van der Waals surface area (Å²) in [4.78, 5) is 0. The maximum Gasteiger partial charge on any atom is 0.123 e. The summed E-state index contributed by atoms with van der Waals surface area (Å²) in [6.45, 7) is 0.504. The Morgan fingerprint density at radius 3 is 2.43 bits per heavy atom. The van der Waals surface area contributed by atoms with E-state index in [0.29, 0.717) is 6.61 Å². The first kappa shape index (κ1) is 15.2. The van der Waals surface area contributed by atoms with Crippen molar-refractivity contribution in [3.63, 3.8) is 0 Å². The maximum absolute atomic E-state index is 5.86. The first-order valence-electron chi connectivity index (χ1n) is 6.85. The van der Waals surface area contributed by atoms with Crippen molar-refractivity contribution in [2.45, 2.75) is 6.04 Å². The minimum Gasteiger partial charge on any atom is -0.497 e. The Labute approximate surface area is 125 Å². The number of rotatable bonds is 7. The molecule has 0 saturated heterocycles. The molecule has 0 fully saturated rings. The molecule has 0 radical (unpaired) electrons. The molecule has 21 heavy (non-hydrogen) atoms. The molecule has 4 heteroatoms. The number of hydrogen-bond acceptors (Lipinski definition) is 4. The number of methoxy groups -OCH3 is 2. The van der Waals surface area contributed by atoms with E-state index in [2.05, 4.69) is 5.32 Å². The van der Waals surface area contributed by atoms with E-state index < -0.39 is 0 Å². The molecule has 1 unspecified atom stereocenters. The van der Waals surface area contributed by atoms with Gasteiger partial charge in [-0.2, -0.15) is 0 Å². The molecule has 0 amide bonds. The van der Waals surface area contributed by atoms with Gasteiger partial charge in [0.15, 0.2) is 0 Å². The van der Waals surface area contributed by atoms with Gasteiger partial charge in [-0.05, 0) is 25.2 Å². The van der Waals surface area contributed by atoms with E-state index in [0.717, 1.165) is 22.8 Å². The summed E-state index contributed by atoms with van der Waals surface area (Å²) < 4.78 is 16.5. The fraction of sp³-hybridized carbons (Fsp3) is 0.294. The van der Waals surface area contributed by atoms with Crippen LogP contribution < -0.4 is 19.5 Å². The highest BCUT2D eigenvalue weighted by atomic mass is 16.5. The molecule has 0 aliphatic rings. The maximum atomic E-state index is 5.86. The zero-order valence-electron chi connectivity index (χ0n) is 12.6. The second-order valence-corrected chi connectivity index (χ2v) is 4.57. The molecule has 0 aliphatic carbocycles. The van der Waals surface area contributed by atoms with Gasteiger partial charge >= 0.3 is 0 Å². The van der Waals surface area contributed by atoms with Crippen molar-refractivity contribution < 1.29 is 14.2 Å². The van der Waals surface area contributed by atoms with Crippen LogP contribution in [-0.4, -0.2) is 27.9 Å². The van der Waals surface area contributed by atoms with Crippen molar-refractivity contribution in [3.8, 4) is 17.2 Å². The van der Waals surface area contributed by atoms with Crippen molar-refractivity contribution in [1.29, 1.82) is 0 Å². The summed E-state index contributed by atoms with van der Waals surface area (Å²) in [6.07, 6.45) is 0. The molecule has 2 aromatic rings. The van der Waals surface area contributed by atoms with Crippen LogP contribution in [0.15, 0.2) is 48.5 Å². The topological polar surface area (TPSA) is 39.7 Å². The molecular weight excluding hydrogens is 266 g/mol. The van der Waals surface area contributed by atoms with Gasteiger partial charge in [0.1, 0.15) is 23.9 Å². The van der Waals surface area contributed by atoms with E-state index >= 15 is 0 Å². The van der Waals surface area contributed by atoms with Crippen LogP contribution in [-0.2, 0) is 0 Å². The van der Waals surface area contributed by atoms with Crippen LogP contribution in [0, 0.1) is 0 Å². The van der Waals surface area contributed by atoms with Crippen LogP contribution in [0.4, 0.5) is 0 Å². The number of para-hydroxylation sites is 1. The van der Waals surface area contributed by atoms with Crippen LogP contribution in [0.5, 0.6) is 17.2 Å². The standard InChI is InChI=1S/C17H21NO3/c1-18-16(15-9-4-5-10-17(15)20-3)12-21-14-8-6-7-13(11-14)19-2/h4-11,16,18H,12H2,1-3H3. The number of nitrogens with one attached hydrogen (secondary N) is 1. The molecule has 1 N–H and O–H groups in total. The van der Waals surface area contributed by atoms with Crippen LogP contribution in [0.2, 0.25) is 0 Å². The first-order chi connectivity index (χ1) is 10.3. The van der Waals surface area contributed by atoms with Gasteiger partial charge in [0.2, 0.25) is 0 Å². The molecule has 2 rings (SSSR count). The van der Waals surface area contributed by atoms with Crippen molar-refractivity contribution in [3.05, 3.63) is 54.1 Å². The summed E-state index contributed by atoms with van der Waals surface area (Å²) in [5, 5.41) is 3.26. The van der Waals surface area contributed by atoms with E-state index in [-0.39, 0.29) is 6.04 Å². The number of ether oxygens (including phenoxy) is 3. The van der Waals surface area contributed by atoms with Crippen LogP contribution >= 0.6 is 0 Å². The van der Waals surface area contributed by atoms with Crippen LogP contribution in [0.3, 0.4) is 0 Å². The molecule has 0 heterocycles. The Morgan fingerprint density at radius 2 is 1.71 bits per heavy atom. The van der Waals surface area contributed by atoms with Crippen molar-refractivity contribution in [2.24, 2.45) is 0 Å². The van der Waals surface area contributed by atoms with Gasteiger partial charge in [0.25, 0.3) is 0 Å². The molecule has 0 spiro atoms. The average Bonchev–Trinajstić information content (AvgIpc) is 2.56. The fourth-order valence-corrected chi connectivity index (χ4v) is 2.15. The molecular formula is C17H21NO3. The quantitative estimate of drug-likeness (QED) is 0.849. The Balaban J connectivity index is 2.08. The van der Waals surface area contributed by atoms with Crippen molar-refractivity contribution in [2.75, 3.05) is 27.9 Å². The summed E-state index contributed by atoms with van der Waals surface area (Å²) in [5.41, 5.74) is 1.07. The highest BCUT2D eigenvalue weighted by Gasteiger charge is 2.14. The lowest BCUT2D eigenvalue weighted by Gasteiger charge is -2.20. The predicted octanol–water partition coefficient (Wildman–Crippen LogP) is 3.04. The van der Waals surface area contributed by atoms with E-state index in [1.807, 2.05) is 55.6 Å². The molecule has 0 bridgehead atoms. The lowest BCUT2D eigenvalue weighted by atomic mass is 10.1. The van der Waals surface area contributed by atoms with E-state index in [4.69, 9.17) is 14.2 Å². The SMILES string of the molecule is CNC(COc1cccc(OC)c1)c1ccccc1OC. The zero-order valence-corrected chi connectivity index (χ0v) is 12.6. The van der Waals surface area contributed by atoms with Gasteiger partial charge in [-0.15, -0.1) is 0 Å². The Hall–Kier alpha value is -2.20. The normalized spacial score (nSPS) is 11.8. The fourth-order valence-electron chi connectivity index (χ4n) is 2.15. The summed E-state index contributed by atoms with van der Waals surface area (Å²) in [7, 11) is 5.23. The highest BCUT2D eigenvalue weighted by molar-refractivity contribution is 5.36. The van der Waals surface area contributed by atoms with Gasteiger partial charge in [-0.25, -0.2) is 0 Å². The second-order valence-electron chi connectivity index (χ2n) is 4.57. The number of benzene rings is 2. The van der Waals surface area contributed by atoms with Gasteiger partial charge in [-0.3, -0.25) is 0 Å². The average molecular weight is 287 g/mol. The Bertz CT molecular complexity index is 571. The third-order valence-electron chi connectivity index (χ3n) is 3.32. The van der Waals surface area contributed by atoms with E-state index in [1.54, 1.807) is 14.2 Å². The van der Waals surface area contributed by atoms with Gasteiger partial charge in [0.05, 0.1) is 20.3 Å². The molecule has 0 saturated carbocycles. The summed E-state index contributed by atoms with van der Waals surface area (Å²) in [5.74, 6) is 2.42. The van der Waals surface area contributed by atoms with E-state index in [9.17, 15) is 0 Å². The largest absolute Gasteiger partial charge is 0.497 e. The number of hydrogen-bond donors (Lipinski definition) is 1. The molecule has 1 atom stereocenters. The molecule has 0 aromatic heterocycles. The van der Waals surface area contributed by atoms with Gasteiger partial charge < -0.3 is 19.5 Å². The summed E-state index contributed by atoms with van der Waals surface area (Å²) >= 11 is 0. The first-order valence-corrected chi connectivity index (χ1v) is 6.85. The number of likely N-dealkylation sites (N-methyl/N-ethyl adjacent to an activating group) is 1. The Morgan fingerprint density at radius 1 is 0.952 bits per heavy atom. The van der Waals surface area contributed by atoms with Crippen LogP contribution in [0.1, 0.15) is 11.6 Å². The third kappa shape index (κ3) is 3.89. The third-order valence-corrected chi connectivity index (χ3v) is 3.32. The van der Waals surface area contributed by atoms with Crippen LogP contribution in [0.25, 0.3) is 0 Å². The lowest BCUT2D eigenvalue weighted by molar-refractivity contribution is 0.267. The second kappa shape index (κ2) is 7.55. The van der Waals surface area contributed by atoms with Gasteiger partial charge in [-0.1, -0.05) is 24.3 Å². The summed E-state index contributed by atoms with van der Waals surface area (Å²) in [6, 6.07) is 15.6. The smallest absolute Gasteiger partial charge is 0.123 e. The highest BCUT2D eigenvalue weighted by Crippen LogP contribution is 2.26. The minimum absolute atomic E-state index is 0.0485. The molecule has 0 aliphatic heterocycles. The zero-order chi connectivity index (χ0) is 15.1. The monoisotopic (exact) mass is 287 g/mol. The van der Waals surface area contributed by atoms with Gasteiger partial charge in [0, 0.05) is 11.6 Å². The molecule has 4 nitrogen and oxygen atoms in total. The molecule has 2 aromatic carbocycles. The molecule has 112 valence electrons. The lowest BCUT2D eigenvalue weighted by Crippen LogP contribution is -2.23. The van der Waals surface area contributed by atoms with E-state index in [1.165, 1.54) is 0 Å². The predicted molar refractivity (Wildman–Crippen MR) is 83.3 cm³/mol. The van der Waals surface area contributed by atoms with Crippen molar-refractivity contribution in [1.82, 2.24) is 5.32 Å². The Kier molecular flexibility index (Phi) is 5.46.